The van der Waals surface area contributed by atoms with Crippen molar-refractivity contribution in [3.8, 4) is 0 Å². The van der Waals surface area contributed by atoms with E-state index in [1.807, 2.05) is 0 Å². The Bertz CT molecular complexity index is 584. The van der Waals surface area contributed by atoms with Crippen LogP contribution in [-0.4, -0.2) is 11.1 Å². The highest BCUT2D eigenvalue weighted by atomic mass is 15.0. The summed E-state index contributed by atoms with van der Waals surface area (Å²) in [5.41, 5.74) is 2.91. The molecule has 1 aromatic heterocycles. The first-order valence-corrected chi connectivity index (χ1v) is 8.64. The van der Waals surface area contributed by atoms with Gasteiger partial charge in [0, 0.05) is 18.8 Å². The van der Waals surface area contributed by atoms with E-state index >= 15 is 0 Å². The molecule has 2 heteroatoms. The Morgan fingerprint density at radius 1 is 1.14 bits per heavy atom. The quantitative estimate of drug-likeness (QED) is 0.827. The number of benzene rings is 1. The first kappa shape index (κ1) is 14.6. The van der Waals surface area contributed by atoms with Gasteiger partial charge in [0.1, 0.15) is 0 Å². The molecule has 0 aliphatic heterocycles. The zero-order chi connectivity index (χ0) is 14.7. The number of fused-ring (bicyclic) bond motifs is 1. The van der Waals surface area contributed by atoms with Crippen LogP contribution in [0.5, 0.6) is 0 Å². The molecule has 21 heavy (non-hydrogen) atoms. The van der Waals surface area contributed by atoms with Crippen molar-refractivity contribution in [1.29, 1.82) is 0 Å². The van der Waals surface area contributed by atoms with E-state index in [0.29, 0.717) is 6.04 Å². The third kappa shape index (κ3) is 2.87. The van der Waals surface area contributed by atoms with Gasteiger partial charge >= 0.3 is 0 Å². The minimum Gasteiger partial charge on any atom is -0.344 e. The average molecular weight is 284 g/mol. The first-order valence-electron chi connectivity index (χ1n) is 8.64. The summed E-state index contributed by atoms with van der Waals surface area (Å²) in [6.07, 6.45) is 9.18. The van der Waals surface area contributed by atoms with E-state index in [-0.39, 0.29) is 0 Å². The minimum atomic E-state index is 0.698. The highest BCUT2D eigenvalue weighted by Crippen LogP contribution is 2.38. The van der Waals surface area contributed by atoms with Gasteiger partial charge in [-0.05, 0) is 42.3 Å². The lowest BCUT2D eigenvalue weighted by molar-refractivity contribution is 0.237. The molecule has 0 spiro atoms. The fourth-order valence-corrected chi connectivity index (χ4v) is 4.00. The zero-order valence-electron chi connectivity index (χ0n) is 13.4. The molecular weight excluding hydrogens is 256 g/mol. The van der Waals surface area contributed by atoms with Crippen molar-refractivity contribution < 1.29 is 0 Å². The monoisotopic (exact) mass is 284 g/mol. The van der Waals surface area contributed by atoms with Gasteiger partial charge in [-0.2, -0.15) is 0 Å². The normalized spacial score (nSPS) is 22.8. The SMILES string of the molecule is CCNCc1cccc2ccn(C3CCCCC3CC)c12. The molecule has 1 heterocycles. The molecule has 0 amide bonds. The molecule has 1 fully saturated rings. The Balaban J connectivity index is 2.01. The van der Waals surface area contributed by atoms with Crippen molar-refractivity contribution in [1.82, 2.24) is 9.88 Å². The summed E-state index contributed by atoms with van der Waals surface area (Å²) in [5.74, 6) is 0.849. The lowest BCUT2D eigenvalue weighted by Gasteiger charge is -2.33. The number of hydrogen-bond donors (Lipinski definition) is 1. The Kier molecular flexibility index (Phi) is 4.64. The van der Waals surface area contributed by atoms with E-state index < -0.39 is 0 Å². The maximum absolute atomic E-state index is 3.49. The van der Waals surface area contributed by atoms with E-state index in [2.05, 4.69) is 54.2 Å². The number of nitrogens with zero attached hydrogens (tertiary/aromatic N) is 1. The summed E-state index contributed by atoms with van der Waals surface area (Å²) >= 11 is 0. The van der Waals surface area contributed by atoms with Gasteiger partial charge in [0.25, 0.3) is 0 Å². The van der Waals surface area contributed by atoms with E-state index in [1.165, 1.54) is 48.6 Å². The van der Waals surface area contributed by atoms with Crippen LogP contribution in [0.2, 0.25) is 0 Å². The van der Waals surface area contributed by atoms with Gasteiger partial charge in [0.05, 0.1) is 5.52 Å². The molecule has 2 aromatic rings. The van der Waals surface area contributed by atoms with E-state index in [9.17, 15) is 0 Å². The molecule has 1 aromatic carbocycles. The van der Waals surface area contributed by atoms with Crippen molar-refractivity contribution in [3.05, 3.63) is 36.0 Å². The number of hydrogen-bond acceptors (Lipinski definition) is 1. The van der Waals surface area contributed by atoms with Crippen LogP contribution in [0.3, 0.4) is 0 Å². The summed E-state index contributed by atoms with van der Waals surface area (Å²) in [4.78, 5) is 0. The number of nitrogens with one attached hydrogen (secondary N) is 1. The third-order valence-corrected chi connectivity index (χ3v) is 5.14. The number of aromatic nitrogens is 1. The second-order valence-corrected chi connectivity index (χ2v) is 6.38. The predicted molar refractivity (Wildman–Crippen MR) is 90.6 cm³/mol. The molecule has 0 radical (unpaired) electrons. The van der Waals surface area contributed by atoms with Crippen LogP contribution in [0, 0.1) is 5.92 Å². The van der Waals surface area contributed by atoms with Crippen molar-refractivity contribution in [2.75, 3.05) is 6.54 Å². The maximum Gasteiger partial charge on any atom is 0.0528 e. The van der Waals surface area contributed by atoms with Crippen LogP contribution >= 0.6 is 0 Å². The fourth-order valence-electron chi connectivity index (χ4n) is 4.00. The van der Waals surface area contributed by atoms with Crippen LogP contribution in [-0.2, 0) is 6.54 Å². The summed E-state index contributed by atoms with van der Waals surface area (Å²) in [7, 11) is 0. The molecule has 0 bridgehead atoms. The van der Waals surface area contributed by atoms with Gasteiger partial charge in [-0.25, -0.2) is 0 Å². The topological polar surface area (TPSA) is 17.0 Å². The highest BCUT2D eigenvalue weighted by Gasteiger charge is 2.26. The zero-order valence-corrected chi connectivity index (χ0v) is 13.4. The van der Waals surface area contributed by atoms with Crippen molar-refractivity contribution in [2.45, 2.75) is 58.5 Å². The summed E-state index contributed by atoms with van der Waals surface area (Å²) in [6, 6.07) is 9.73. The maximum atomic E-state index is 3.49. The van der Waals surface area contributed by atoms with Gasteiger partial charge in [0.2, 0.25) is 0 Å². The van der Waals surface area contributed by atoms with E-state index in [1.54, 1.807) is 0 Å². The van der Waals surface area contributed by atoms with Crippen molar-refractivity contribution in [2.24, 2.45) is 5.92 Å². The summed E-state index contributed by atoms with van der Waals surface area (Å²) < 4.78 is 2.59. The van der Waals surface area contributed by atoms with Crippen LogP contribution in [0.4, 0.5) is 0 Å². The molecule has 1 N–H and O–H groups in total. The van der Waals surface area contributed by atoms with Crippen LogP contribution in [0.25, 0.3) is 10.9 Å². The molecule has 2 nitrogen and oxygen atoms in total. The van der Waals surface area contributed by atoms with Crippen molar-refractivity contribution in [3.63, 3.8) is 0 Å². The summed E-state index contributed by atoms with van der Waals surface area (Å²) in [5, 5.41) is 4.88. The molecule has 3 rings (SSSR count). The van der Waals surface area contributed by atoms with Crippen LogP contribution in [0.1, 0.15) is 57.6 Å². The Hall–Kier alpha value is -1.28. The molecule has 1 saturated carbocycles. The average Bonchev–Trinajstić information content (AvgIpc) is 2.97. The standard InChI is InChI=1S/C19H28N2/c1-3-15-8-5-6-11-18(15)21-13-12-16-9-7-10-17(19(16)21)14-20-4-2/h7,9-10,12-13,15,18,20H,3-6,8,11,14H2,1-2H3. The second kappa shape index (κ2) is 6.65. The third-order valence-electron chi connectivity index (χ3n) is 5.14. The molecule has 1 aliphatic carbocycles. The van der Waals surface area contributed by atoms with Gasteiger partial charge < -0.3 is 9.88 Å². The minimum absolute atomic E-state index is 0.698. The molecule has 2 unspecified atom stereocenters. The van der Waals surface area contributed by atoms with Gasteiger partial charge in [-0.3, -0.25) is 0 Å². The van der Waals surface area contributed by atoms with E-state index in [0.717, 1.165) is 19.0 Å². The number of rotatable bonds is 5. The van der Waals surface area contributed by atoms with Gasteiger partial charge in [-0.1, -0.05) is 51.3 Å². The smallest absolute Gasteiger partial charge is 0.0528 e. The second-order valence-electron chi connectivity index (χ2n) is 6.38. The van der Waals surface area contributed by atoms with Crippen molar-refractivity contribution >= 4 is 10.9 Å². The lowest BCUT2D eigenvalue weighted by atomic mass is 9.82. The molecule has 0 saturated heterocycles. The molecular formula is C19H28N2. The molecule has 114 valence electrons. The Labute approximate surface area is 128 Å². The predicted octanol–water partition coefficient (Wildman–Crippen LogP) is 4.89. The Morgan fingerprint density at radius 2 is 2.00 bits per heavy atom. The lowest BCUT2D eigenvalue weighted by Crippen LogP contribution is -2.23. The first-order chi connectivity index (χ1) is 10.3. The van der Waals surface area contributed by atoms with Crippen LogP contribution in [0.15, 0.2) is 30.5 Å². The highest BCUT2D eigenvalue weighted by molar-refractivity contribution is 5.83. The number of para-hydroxylation sites is 1. The fraction of sp³-hybridized carbons (Fsp3) is 0.579. The molecule has 2 atom stereocenters. The van der Waals surface area contributed by atoms with E-state index in [4.69, 9.17) is 0 Å². The molecule has 1 aliphatic rings. The van der Waals surface area contributed by atoms with Gasteiger partial charge in [0.15, 0.2) is 0 Å². The Morgan fingerprint density at radius 3 is 2.81 bits per heavy atom. The largest absolute Gasteiger partial charge is 0.344 e. The van der Waals surface area contributed by atoms with Gasteiger partial charge in [-0.15, -0.1) is 0 Å². The summed E-state index contributed by atoms with van der Waals surface area (Å²) in [6.45, 7) is 6.53. The van der Waals surface area contributed by atoms with Crippen LogP contribution < -0.4 is 5.32 Å².